The molecule has 0 aliphatic heterocycles. The second-order valence-electron chi connectivity index (χ2n) is 4.71. The number of ether oxygens (including phenoxy) is 1. The van der Waals surface area contributed by atoms with Gasteiger partial charge in [0.2, 0.25) is 0 Å². The third-order valence-corrected chi connectivity index (χ3v) is 3.81. The smallest absolute Gasteiger partial charge is 0.122 e. The molecule has 1 heterocycles. The number of methoxy groups -OCH3 is 1. The van der Waals surface area contributed by atoms with Gasteiger partial charge >= 0.3 is 0 Å². The van der Waals surface area contributed by atoms with Crippen LogP contribution in [0.2, 0.25) is 5.02 Å². The molecule has 20 heavy (non-hydrogen) atoms. The van der Waals surface area contributed by atoms with Crippen LogP contribution in [-0.2, 0) is 20.0 Å². The van der Waals surface area contributed by atoms with Gasteiger partial charge in [-0.2, -0.15) is 5.10 Å². The number of para-hydroxylation sites is 1. The Labute approximate surface area is 124 Å². The molecule has 0 spiro atoms. The number of aromatic nitrogens is 2. The van der Waals surface area contributed by atoms with Gasteiger partial charge in [-0.1, -0.05) is 29.8 Å². The first-order chi connectivity index (χ1) is 9.63. The molecule has 2 rings (SSSR count). The van der Waals surface area contributed by atoms with E-state index in [0.717, 1.165) is 35.1 Å². The Balaban J connectivity index is 1.88. The number of nitrogens with one attached hydrogen (secondary N) is 1. The van der Waals surface area contributed by atoms with E-state index in [9.17, 15) is 0 Å². The molecule has 0 aliphatic carbocycles. The molecule has 0 aliphatic rings. The van der Waals surface area contributed by atoms with Gasteiger partial charge in [-0.15, -0.1) is 0 Å². The average molecular weight is 294 g/mol. The van der Waals surface area contributed by atoms with Crippen molar-refractivity contribution < 1.29 is 4.74 Å². The predicted octanol–water partition coefficient (Wildman–Crippen LogP) is 2.72. The summed E-state index contributed by atoms with van der Waals surface area (Å²) in [5.74, 6) is 0.934. The maximum atomic E-state index is 6.21. The molecule has 0 fully saturated rings. The van der Waals surface area contributed by atoms with Crippen molar-refractivity contribution in [3.8, 4) is 5.75 Å². The number of benzene rings is 1. The van der Waals surface area contributed by atoms with Crippen LogP contribution in [0.25, 0.3) is 0 Å². The van der Waals surface area contributed by atoms with Gasteiger partial charge in [-0.3, -0.25) is 4.68 Å². The Morgan fingerprint density at radius 3 is 2.75 bits per heavy atom. The summed E-state index contributed by atoms with van der Waals surface area (Å²) in [5, 5.41) is 8.44. The Hall–Kier alpha value is -1.52. The summed E-state index contributed by atoms with van der Waals surface area (Å²) >= 11 is 6.21. The lowest BCUT2D eigenvalue weighted by Gasteiger charge is -2.09. The van der Waals surface area contributed by atoms with Crippen molar-refractivity contribution in [1.82, 2.24) is 15.1 Å². The van der Waals surface area contributed by atoms with E-state index in [1.807, 2.05) is 36.9 Å². The summed E-state index contributed by atoms with van der Waals surface area (Å²) in [5.41, 5.74) is 3.09. The fourth-order valence-corrected chi connectivity index (χ4v) is 2.44. The van der Waals surface area contributed by atoms with E-state index >= 15 is 0 Å². The molecule has 1 N–H and O–H groups in total. The summed E-state index contributed by atoms with van der Waals surface area (Å²) < 4.78 is 7.17. The molecule has 0 radical (unpaired) electrons. The Kier molecular flexibility index (Phi) is 5.04. The number of aryl methyl sites for hydroxylation is 2. The highest BCUT2D eigenvalue weighted by Crippen LogP contribution is 2.19. The monoisotopic (exact) mass is 293 g/mol. The molecule has 2 aromatic rings. The third-order valence-electron chi connectivity index (χ3n) is 3.32. The first-order valence-electron chi connectivity index (χ1n) is 6.64. The molecule has 0 saturated carbocycles. The lowest BCUT2D eigenvalue weighted by Crippen LogP contribution is -2.19. The molecule has 0 bridgehead atoms. The fraction of sp³-hybridized carbons (Fsp3) is 0.400. The molecule has 4 nitrogen and oxygen atoms in total. The van der Waals surface area contributed by atoms with Crippen molar-refractivity contribution in [2.24, 2.45) is 7.05 Å². The van der Waals surface area contributed by atoms with E-state index in [4.69, 9.17) is 16.3 Å². The van der Waals surface area contributed by atoms with E-state index in [1.165, 1.54) is 5.56 Å². The summed E-state index contributed by atoms with van der Waals surface area (Å²) in [6, 6.07) is 8.07. The summed E-state index contributed by atoms with van der Waals surface area (Å²) in [4.78, 5) is 0. The van der Waals surface area contributed by atoms with Crippen LogP contribution in [0.15, 0.2) is 24.3 Å². The first kappa shape index (κ1) is 14.9. The predicted molar refractivity (Wildman–Crippen MR) is 81.4 cm³/mol. The summed E-state index contributed by atoms with van der Waals surface area (Å²) in [6.45, 7) is 3.49. The zero-order chi connectivity index (χ0) is 14.5. The third kappa shape index (κ3) is 3.32. The SMILES string of the molecule is COc1ccccc1CCNCc1c(Cl)c(C)nn1C. The highest BCUT2D eigenvalue weighted by Gasteiger charge is 2.10. The average Bonchev–Trinajstić information content (AvgIpc) is 2.69. The van der Waals surface area contributed by atoms with Gasteiger partial charge in [0.25, 0.3) is 0 Å². The Morgan fingerprint density at radius 1 is 1.35 bits per heavy atom. The zero-order valence-corrected chi connectivity index (χ0v) is 12.9. The van der Waals surface area contributed by atoms with Crippen LogP contribution >= 0.6 is 11.6 Å². The number of nitrogens with zero attached hydrogens (tertiary/aromatic N) is 2. The van der Waals surface area contributed by atoms with Crippen LogP contribution in [0.5, 0.6) is 5.75 Å². The zero-order valence-electron chi connectivity index (χ0n) is 12.1. The maximum Gasteiger partial charge on any atom is 0.122 e. The molecule has 1 aromatic heterocycles. The van der Waals surface area contributed by atoms with Gasteiger partial charge in [-0.05, 0) is 31.5 Å². The van der Waals surface area contributed by atoms with Gasteiger partial charge in [0, 0.05) is 13.6 Å². The van der Waals surface area contributed by atoms with Crippen LogP contribution in [0.4, 0.5) is 0 Å². The minimum absolute atomic E-state index is 0.714. The van der Waals surface area contributed by atoms with Crippen molar-refractivity contribution in [3.05, 3.63) is 46.2 Å². The molecule has 108 valence electrons. The van der Waals surface area contributed by atoms with Crippen LogP contribution in [0.1, 0.15) is 17.0 Å². The Bertz CT molecular complexity index is 580. The second kappa shape index (κ2) is 6.77. The molecule has 0 saturated heterocycles. The molecular weight excluding hydrogens is 274 g/mol. The van der Waals surface area contributed by atoms with Crippen LogP contribution < -0.4 is 10.1 Å². The summed E-state index contributed by atoms with van der Waals surface area (Å²) in [6.07, 6.45) is 0.915. The standard InChI is InChI=1S/C15H20ClN3O/c1-11-15(16)13(19(2)18-11)10-17-9-8-12-6-4-5-7-14(12)20-3/h4-7,17H,8-10H2,1-3H3. The van der Waals surface area contributed by atoms with E-state index in [-0.39, 0.29) is 0 Å². The van der Waals surface area contributed by atoms with E-state index in [0.29, 0.717) is 6.54 Å². The molecule has 0 unspecified atom stereocenters. The van der Waals surface area contributed by atoms with Gasteiger partial charge in [0.15, 0.2) is 0 Å². The Morgan fingerprint density at radius 2 is 2.10 bits per heavy atom. The number of hydrogen-bond acceptors (Lipinski definition) is 3. The quantitative estimate of drug-likeness (QED) is 0.833. The van der Waals surface area contributed by atoms with E-state index in [1.54, 1.807) is 7.11 Å². The van der Waals surface area contributed by atoms with Gasteiger partial charge in [-0.25, -0.2) is 0 Å². The molecule has 0 amide bonds. The van der Waals surface area contributed by atoms with Crippen molar-refractivity contribution in [2.75, 3.05) is 13.7 Å². The van der Waals surface area contributed by atoms with Gasteiger partial charge in [0.1, 0.15) is 5.75 Å². The van der Waals surface area contributed by atoms with Crippen molar-refractivity contribution >= 4 is 11.6 Å². The largest absolute Gasteiger partial charge is 0.496 e. The van der Waals surface area contributed by atoms with Crippen molar-refractivity contribution in [2.45, 2.75) is 19.9 Å². The number of rotatable bonds is 6. The lowest BCUT2D eigenvalue weighted by atomic mass is 10.1. The summed E-state index contributed by atoms with van der Waals surface area (Å²) in [7, 11) is 3.61. The van der Waals surface area contributed by atoms with Gasteiger partial charge < -0.3 is 10.1 Å². The van der Waals surface area contributed by atoms with E-state index in [2.05, 4.69) is 16.5 Å². The molecule has 0 atom stereocenters. The van der Waals surface area contributed by atoms with Crippen LogP contribution in [0.3, 0.4) is 0 Å². The van der Waals surface area contributed by atoms with Crippen LogP contribution in [0, 0.1) is 6.92 Å². The molecule has 5 heteroatoms. The minimum atomic E-state index is 0.714. The topological polar surface area (TPSA) is 39.1 Å². The molecular formula is C15H20ClN3O. The highest BCUT2D eigenvalue weighted by atomic mass is 35.5. The van der Waals surface area contributed by atoms with Crippen molar-refractivity contribution in [3.63, 3.8) is 0 Å². The second-order valence-corrected chi connectivity index (χ2v) is 5.09. The minimum Gasteiger partial charge on any atom is -0.496 e. The number of hydrogen-bond donors (Lipinski definition) is 1. The fourth-order valence-electron chi connectivity index (χ4n) is 2.21. The number of halogens is 1. The van der Waals surface area contributed by atoms with Crippen LogP contribution in [-0.4, -0.2) is 23.4 Å². The first-order valence-corrected chi connectivity index (χ1v) is 7.02. The maximum absolute atomic E-state index is 6.21. The van der Waals surface area contributed by atoms with E-state index < -0.39 is 0 Å². The van der Waals surface area contributed by atoms with Crippen molar-refractivity contribution in [1.29, 1.82) is 0 Å². The highest BCUT2D eigenvalue weighted by molar-refractivity contribution is 6.31. The molecule has 1 aromatic carbocycles. The normalized spacial score (nSPS) is 10.8. The van der Waals surface area contributed by atoms with Gasteiger partial charge in [0.05, 0.1) is 23.5 Å². The lowest BCUT2D eigenvalue weighted by molar-refractivity contribution is 0.409.